The second-order valence-electron chi connectivity index (χ2n) is 8.88. The molecule has 5 heteroatoms. The van der Waals surface area contributed by atoms with Crippen LogP contribution in [-0.2, 0) is 11.3 Å². The minimum Gasteiger partial charge on any atom is -0.341 e. The number of amides is 1. The van der Waals surface area contributed by atoms with Crippen LogP contribution in [0.2, 0.25) is 0 Å². The van der Waals surface area contributed by atoms with Crippen molar-refractivity contribution in [3.8, 4) is 0 Å². The zero-order chi connectivity index (χ0) is 18.8. The highest BCUT2D eigenvalue weighted by Crippen LogP contribution is 2.30. The minimum absolute atomic E-state index is 0.361. The highest BCUT2D eigenvalue weighted by Gasteiger charge is 2.37. The third-order valence-corrected chi connectivity index (χ3v) is 6.92. The van der Waals surface area contributed by atoms with Crippen LogP contribution < -0.4 is 10.9 Å². The standard InChI is InChI=1S/C22H34N4O/c1-16-21(17(2)24-23-16)10-11-22(27)26-14-19-8-9-20(15-26)25(13-19)12-18-6-4-3-5-7-18/h3-7,16-17,19-21,23-24H,8-15H2,1-2H3/t16?,17?,19-,20-,21?/m0/s1. The summed E-state index contributed by atoms with van der Waals surface area (Å²) in [7, 11) is 0. The first-order valence-electron chi connectivity index (χ1n) is 10.7. The van der Waals surface area contributed by atoms with Crippen molar-refractivity contribution in [3.63, 3.8) is 0 Å². The molecule has 0 radical (unpaired) electrons. The monoisotopic (exact) mass is 370 g/mol. The van der Waals surface area contributed by atoms with Gasteiger partial charge >= 0.3 is 0 Å². The molecule has 4 aliphatic rings. The molecule has 5 rings (SSSR count). The van der Waals surface area contributed by atoms with E-state index in [1.807, 2.05) is 0 Å². The molecule has 148 valence electrons. The summed E-state index contributed by atoms with van der Waals surface area (Å²) in [5.74, 6) is 1.52. The maximum atomic E-state index is 13.0. The molecular formula is C22H34N4O. The number of hydrogen-bond donors (Lipinski definition) is 2. The van der Waals surface area contributed by atoms with Crippen LogP contribution in [0.1, 0.15) is 45.1 Å². The van der Waals surface area contributed by atoms with Gasteiger partial charge in [0.05, 0.1) is 0 Å². The molecule has 0 saturated carbocycles. The molecule has 0 aliphatic carbocycles. The summed E-state index contributed by atoms with van der Waals surface area (Å²) in [4.78, 5) is 17.8. The summed E-state index contributed by atoms with van der Waals surface area (Å²) in [6.45, 7) is 8.42. The van der Waals surface area contributed by atoms with Crippen LogP contribution in [0.25, 0.3) is 0 Å². The molecule has 27 heavy (non-hydrogen) atoms. The lowest BCUT2D eigenvalue weighted by atomic mass is 9.91. The Balaban J connectivity index is 1.34. The average molecular weight is 371 g/mol. The third-order valence-electron chi connectivity index (χ3n) is 6.92. The molecule has 2 unspecified atom stereocenters. The first-order chi connectivity index (χ1) is 13.1. The summed E-state index contributed by atoms with van der Waals surface area (Å²) in [6, 6.07) is 12.1. The van der Waals surface area contributed by atoms with Crippen molar-refractivity contribution < 1.29 is 4.79 Å². The zero-order valence-corrected chi connectivity index (χ0v) is 16.7. The minimum atomic E-state index is 0.361. The van der Waals surface area contributed by atoms with Crippen molar-refractivity contribution in [1.82, 2.24) is 20.7 Å². The number of nitrogens with zero attached hydrogens (tertiary/aromatic N) is 2. The molecule has 2 bridgehead atoms. The Morgan fingerprint density at radius 2 is 1.78 bits per heavy atom. The van der Waals surface area contributed by atoms with E-state index in [2.05, 4.69) is 64.8 Å². The van der Waals surface area contributed by atoms with Crippen molar-refractivity contribution in [3.05, 3.63) is 35.9 Å². The van der Waals surface area contributed by atoms with Crippen LogP contribution in [0.3, 0.4) is 0 Å². The number of rotatable bonds is 5. The lowest BCUT2D eigenvalue weighted by Crippen LogP contribution is -2.44. The van der Waals surface area contributed by atoms with Crippen LogP contribution >= 0.6 is 0 Å². The predicted octanol–water partition coefficient (Wildman–Crippen LogP) is 2.39. The number of fused-ring (bicyclic) bond motifs is 4. The van der Waals surface area contributed by atoms with Gasteiger partial charge in [0, 0.05) is 50.7 Å². The molecular weight excluding hydrogens is 336 g/mol. The van der Waals surface area contributed by atoms with Gasteiger partial charge in [0.25, 0.3) is 0 Å². The van der Waals surface area contributed by atoms with E-state index in [4.69, 9.17) is 0 Å². The second kappa shape index (κ2) is 8.29. The van der Waals surface area contributed by atoms with Gasteiger partial charge in [-0.2, -0.15) is 0 Å². The Kier molecular flexibility index (Phi) is 5.81. The van der Waals surface area contributed by atoms with Crippen LogP contribution in [0.15, 0.2) is 30.3 Å². The van der Waals surface area contributed by atoms with Gasteiger partial charge in [0.1, 0.15) is 0 Å². The van der Waals surface area contributed by atoms with Gasteiger partial charge in [0.2, 0.25) is 5.91 Å². The summed E-state index contributed by atoms with van der Waals surface area (Å²) >= 11 is 0. The second-order valence-corrected chi connectivity index (χ2v) is 8.88. The van der Waals surface area contributed by atoms with E-state index in [1.165, 1.54) is 18.4 Å². The van der Waals surface area contributed by atoms with Gasteiger partial charge < -0.3 is 4.90 Å². The van der Waals surface area contributed by atoms with Crippen LogP contribution in [-0.4, -0.2) is 53.5 Å². The van der Waals surface area contributed by atoms with E-state index in [0.717, 1.165) is 32.6 Å². The number of benzene rings is 1. The van der Waals surface area contributed by atoms with Gasteiger partial charge in [-0.3, -0.25) is 20.5 Å². The molecule has 4 saturated heterocycles. The molecule has 2 N–H and O–H groups in total. The summed E-state index contributed by atoms with van der Waals surface area (Å²) < 4.78 is 0. The molecule has 4 aliphatic heterocycles. The van der Waals surface area contributed by atoms with Crippen molar-refractivity contribution in [2.45, 2.75) is 64.2 Å². The lowest BCUT2D eigenvalue weighted by molar-refractivity contribution is -0.131. The maximum Gasteiger partial charge on any atom is 0.222 e. The number of hydrogen-bond acceptors (Lipinski definition) is 4. The van der Waals surface area contributed by atoms with Crippen molar-refractivity contribution in [2.24, 2.45) is 11.8 Å². The molecule has 4 heterocycles. The van der Waals surface area contributed by atoms with Crippen molar-refractivity contribution in [1.29, 1.82) is 0 Å². The fourth-order valence-corrected chi connectivity index (χ4v) is 5.25. The van der Waals surface area contributed by atoms with Gasteiger partial charge in [-0.05, 0) is 50.5 Å². The lowest BCUT2D eigenvalue weighted by Gasteiger charge is -2.36. The Bertz CT molecular complexity index is 626. The Morgan fingerprint density at radius 1 is 1.04 bits per heavy atom. The van der Waals surface area contributed by atoms with E-state index in [-0.39, 0.29) is 0 Å². The molecule has 4 atom stereocenters. The highest BCUT2D eigenvalue weighted by atomic mass is 16.2. The molecule has 1 aromatic rings. The van der Waals surface area contributed by atoms with Crippen molar-refractivity contribution >= 4 is 5.91 Å². The summed E-state index contributed by atoms with van der Waals surface area (Å²) in [5.41, 5.74) is 7.99. The van der Waals surface area contributed by atoms with Gasteiger partial charge in [0.15, 0.2) is 0 Å². The Morgan fingerprint density at radius 3 is 2.52 bits per heavy atom. The van der Waals surface area contributed by atoms with Gasteiger partial charge in [-0.15, -0.1) is 0 Å². The first kappa shape index (κ1) is 18.9. The Labute approximate surface area is 163 Å². The number of piperidine rings is 1. The largest absolute Gasteiger partial charge is 0.341 e. The SMILES string of the molecule is CC1NNC(C)C1CCC(=O)N1C[C@H]2CC[C@@H](C1)N(Cc1ccccc1)C2. The molecule has 1 aromatic carbocycles. The number of carbonyl (C=O) groups is 1. The van der Waals surface area contributed by atoms with E-state index >= 15 is 0 Å². The van der Waals surface area contributed by atoms with Crippen LogP contribution in [0.5, 0.6) is 0 Å². The van der Waals surface area contributed by atoms with E-state index in [1.54, 1.807) is 0 Å². The van der Waals surface area contributed by atoms with Gasteiger partial charge in [-0.25, -0.2) is 0 Å². The van der Waals surface area contributed by atoms with Gasteiger partial charge in [-0.1, -0.05) is 30.3 Å². The summed E-state index contributed by atoms with van der Waals surface area (Å²) in [5, 5.41) is 0. The zero-order valence-electron chi connectivity index (χ0n) is 16.7. The quantitative estimate of drug-likeness (QED) is 0.836. The molecule has 0 spiro atoms. The first-order valence-corrected chi connectivity index (χ1v) is 10.7. The molecule has 4 fully saturated rings. The number of nitrogens with one attached hydrogen (secondary N) is 2. The smallest absolute Gasteiger partial charge is 0.222 e. The molecule has 1 amide bonds. The Hall–Kier alpha value is -1.43. The fraction of sp³-hybridized carbons (Fsp3) is 0.682. The summed E-state index contributed by atoms with van der Waals surface area (Å²) in [6.07, 6.45) is 4.15. The number of carbonyl (C=O) groups excluding carboxylic acids is 1. The fourth-order valence-electron chi connectivity index (χ4n) is 5.25. The third kappa shape index (κ3) is 4.36. The van der Waals surface area contributed by atoms with Crippen LogP contribution in [0, 0.1) is 11.8 Å². The maximum absolute atomic E-state index is 13.0. The average Bonchev–Trinajstić information content (AvgIpc) is 2.84. The van der Waals surface area contributed by atoms with Crippen LogP contribution in [0.4, 0.5) is 0 Å². The molecule has 5 nitrogen and oxygen atoms in total. The predicted molar refractivity (Wildman–Crippen MR) is 108 cm³/mol. The van der Waals surface area contributed by atoms with E-state index in [0.29, 0.717) is 42.3 Å². The normalized spacial score (nSPS) is 34.0. The topological polar surface area (TPSA) is 47.6 Å². The highest BCUT2D eigenvalue weighted by molar-refractivity contribution is 5.76. The van der Waals surface area contributed by atoms with E-state index < -0.39 is 0 Å². The van der Waals surface area contributed by atoms with Crippen molar-refractivity contribution in [2.75, 3.05) is 19.6 Å². The molecule has 0 aromatic heterocycles. The van der Waals surface area contributed by atoms with E-state index in [9.17, 15) is 4.79 Å². The number of hydrazine groups is 1.